The van der Waals surface area contributed by atoms with E-state index in [-0.39, 0.29) is 16.2 Å². The normalized spacial score (nSPS) is 11.2. The Morgan fingerprint density at radius 2 is 1.91 bits per heavy atom. The van der Waals surface area contributed by atoms with Crippen LogP contribution in [0.25, 0.3) is 11.8 Å². The third-order valence-corrected chi connectivity index (χ3v) is 5.54. The summed E-state index contributed by atoms with van der Waals surface area (Å²) in [6.07, 6.45) is 2.31. The molecule has 32 heavy (non-hydrogen) atoms. The van der Waals surface area contributed by atoms with Crippen LogP contribution in [0.5, 0.6) is 0 Å². The van der Waals surface area contributed by atoms with Gasteiger partial charge in [-0.25, -0.2) is 4.79 Å². The Hall–Kier alpha value is -3.82. The van der Waals surface area contributed by atoms with Crippen LogP contribution in [0.3, 0.4) is 0 Å². The van der Waals surface area contributed by atoms with E-state index in [1.807, 2.05) is 61.7 Å². The van der Waals surface area contributed by atoms with Gasteiger partial charge < -0.3 is 15.0 Å². The first-order chi connectivity index (χ1) is 15.3. The number of halogens is 1. The van der Waals surface area contributed by atoms with E-state index in [1.54, 1.807) is 18.2 Å². The van der Waals surface area contributed by atoms with Gasteiger partial charge in [-0.3, -0.25) is 4.79 Å². The average Bonchev–Trinajstić information content (AvgIpc) is 3.04. The molecule has 1 aromatic heterocycles. The van der Waals surface area contributed by atoms with Crippen molar-refractivity contribution in [1.82, 2.24) is 4.57 Å². The van der Waals surface area contributed by atoms with Crippen LogP contribution in [0.1, 0.15) is 39.8 Å². The molecule has 1 heterocycles. The molecule has 0 saturated heterocycles. The highest BCUT2D eigenvalue weighted by molar-refractivity contribution is 6.33. The second-order valence-corrected chi connectivity index (χ2v) is 7.67. The number of benzene rings is 2. The smallest absolute Gasteiger partial charge is 0.337 e. The van der Waals surface area contributed by atoms with Crippen LogP contribution >= 0.6 is 11.6 Å². The van der Waals surface area contributed by atoms with Crippen molar-refractivity contribution in [2.45, 2.75) is 27.2 Å². The number of nitrogens with zero attached hydrogens (tertiary/aromatic N) is 2. The van der Waals surface area contributed by atoms with Gasteiger partial charge in [0.1, 0.15) is 11.6 Å². The van der Waals surface area contributed by atoms with Gasteiger partial charge in [0, 0.05) is 22.8 Å². The fourth-order valence-corrected chi connectivity index (χ4v) is 3.85. The Labute approximate surface area is 191 Å². The first-order valence-electron chi connectivity index (χ1n) is 10.00. The molecule has 0 fully saturated rings. The van der Waals surface area contributed by atoms with Crippen LogP contribution in [0.15, 0.2) is 54.1 Å². The van der Waals surface area contributed by atoms with E-state index >= 15 is 0 Å². The summed E-state index contributed by atoms with van der Waals surface area (Å²) in [5, 5.41) is 21.7. The Morgan fingerprint density at radius 1 is 1.19 bits per heavy atom. The molecule has 6 nitrogen and oxygen atoms in total. The molecule has 7 heteroatoms. The number of aromatic carboxylic acids is 1. The van der Waals surface area contributed by atoms with E-state index in [2.05, 4.69) is 5.32 Å². The van der Waals surface area contributed by atoms with Crippen molar-refractivity contribution < 1.29 is 14.7 Å². The van der Waals surface area contributed by atoms with Crippen LogP contribution < -0.4 is 5.32 Å². The Morgan fingerprint density at radius 3 is 2.53 bits per heavy atom. The molecule has 3 rings (SSSR count). The molecular formula is C25H22ClN3O3. The maximum absolute atomic E-state index is 12.8. The predicted octanol–water partition coefficient (Wildman–Crippen LogP) is 5.55. The minimum Gasteiger partial charge on any atom is -0.478 e. The SMILES string of the molecule is CCc1ccccc1NC(=O)/C(C#N)=C\c1cc(C)n(-c2ccc(C(=O)O)c(Cl)c2)c1C. The molecule has 0 unspecified atom stereocenters. The summed E-state index contributed by atoms with van der Waals surface area (Å²) < 4.78 is 1.89. The number of anilines is 1. The van der Waals surface area contributed by atoms with E-state index in [4.69, 9.17) is 11.6 Å². The number of carboxylic acid groups (broad SMARTS) is 1. The number of aryl methyl sites for hydroxylation is 2. The number of para-hydroxylation sites is 1. The van der Waals surface area contributed by atoms with Crippen LogP contribution in [-0.4, -0.2) is 21.6 Å². The topological polar surface area (TPSA) is 95.1 Å². The van der Waals surface area contributed by atoms with Crippen LogP contribution in [0.2, 0.25) is 5.02 Å². The Bertz CT molecular complexity index is 1280. The third kappa shape index (κ3) is 4.58. The second-order valence-electron chi connectivity index (χ2n) is 7.27. The lowest BCUT2D eigenvalue weighted by Crippen LogP contribution is -2.14. The van der Waals surface area contributed by atoms with E-state index in [0.29, 0.717) is 16.9 Å². The van der Waals surface area contributed by atoms with E-state index in [0.717, 1.165) is 23.4 Å². The third-order valence-electron chi connectivity index (χ3n) is 5.22. The van der Waals surface area contributed by atoms with Gasteiger partial charge >= 0.3 is 5.97 Å². The highest BCUT2D eigenvalue weighted by atomic mass is 35.5. The fraction of sp³-hybridized carbons (Fsp3) is 0.160. The molecule has 162 valence electrons. The number of rotatable bonds is 6. The summed E-state index contributed by atoms with van der Waals surface area (Å²) in [6, 6.07) is 16.0. The Balaban J connectivity index is 1.96. The summed E-state index contributed by atoms with van der Waals surface area (Å²) in [6.45, 7) is 5.74. The van der Waals surface area contributed by atoms with Gasteiger partial charge in [-0.05, 0) is 67.8 Å². The molecule has 0 atom stereocenters. The number of carbonyl (C=O) groups is 2. The standard InChI is InChI=1S/C25H22ClN3O3/c1-4-17-7-5-6-8-23(17)28-24(30)19(14-27)12-18-11-15(2)29(16(18)3)20-9-10-21(25(31)32)22(26)13-20/h5-13H,4H2,1-3H3,(H,28,30)(H,31,32)/b19-12-. The number of carbonyl (C=O) groups excluding carboxylic acids is 1. The summed E-state index contributed by atoms with van der Waals surface area (Å²) in [5.74, 6) is -1.58. The summed E-state index contributed by atoms with van der Waals surface area (Å²) in [5.41, 5.74) is 4.70. The molecule has 0 aliphatic heterocycles. The first kappa shape index (κ1) is 22.9. The van der Waals surface area contributed by atoms with E-state index < -0.39 is 11.9 Å². The number of amides is 1. The number of hydrogen-bond acceptors (Lipinski definition) is 3. The molecule has 1 amide bonds. The van der Waals surface area contributed by atoms with Gasteiger partial charge in [-0.2, -0.15) is 5.26 Å². The van der Waals surface area contributed by atoms with Gasteiger partial charge in [-0.1, -0.05) is 36.7 Å². The lowest BCUT2D eigenvalue weighted by atomic mass is 10.1. The summed E-state index contributed by atoms with van der Waals surface area (Å²) in [7, 11) is 0. The predicted molar refractivity (Wildman–Crippen MR) is 125 cm³/mol. The molecule has 3 aromatic rings. The first-order valence-corrected chi connectivity index (χ1v) is 10.4. The van der Waals surface area contributed by atoms with E-state index in [1.165, 1.54) is 6.07 Å². The molecule has 0 aliphatic carbocycles. The molecule has 0 radical (unpaired) electrons. The van der Waals surface area contributed by atoms with Gasteiger partial charge in [-0.15, -0.1) is 0 Å². The average molecular weight is 448 g/mol. The van der Waals surface area contributed by atoms with Crippen molar-refractivity contribution in [1.29, 1.82) is 5.26 Å². The van der Waals surface area contributed by atoms with Crippen LogP contribution in [-0.2, 0) is 11.2 Å². The van der Waals surface area contributed by atoms with Gasteiger partial charge in [0.15, 0.2) is 0 Å². The number of hydrogen-bond donors (Lipinski definition) is 2. The number of nitriles is 1. The van der Waals surface area contributed by atoms with Crippen LogP contribution in [0.4, 0.5) is 5.69 Å². The minimum absolute atomic E-state index is 0.0181. The number of aromatic nitrogens is 1. The van der Waals surface area contributed by atoms with Crippen molar-refractivity contribution in [3.63, 3.8) is 0 Å². The highest BCUT2D eigenvalue weighted by Gasteiger charge is 2.16. The largest absolute Gasteiger partial charge is 0.478 e. The number of carboxylic acids is 1. The van der Waals surface area contributed by atoms with Gasteiger partial charge in [0.05, 0.1) is 10.6 Å². The fourth-order valence-electron chi connectivity index (χ4n) is 3.59. The van der Waals surface area contributed by atoms with Crippen molar-refractivity contribution in [2.24, 2.45) is 0 Å². The maximum Gasteiger partial charge on any atom is 0.337 e. The lowest BCUT2D eigenvalue weighted by molar-refractivity contribution is -0.112. The molecule has 2 N–H and O–H groups in total. The molecule has 0 saturated carbocycles. The second kappa shape index (κ2) is 9.54. The van der Waals surface area contributed by atoms with E-state index in [9.17, 15) is 20.0 Å². The zero-order chi connectivity index (χ0) is 23.4. The van der Waals surface area contributed by atoms with Crippen LogP contribution in [0, 0.1) is 25.2 Å². The quantitative estimate of drug-likeness (QED) is 0.382. The monoisotopic (exact) mass is 447 g/mol. The summed E-state index contributed by atoms with van der Waals surface area (Å²) in [4.78, 5) is 24.0. The van der Waals surface area contributed by atoms with Gasteiger partial charge in [0.25, 0.3) is 5.91 Å². The number of nitrogens with one attached hydrogen (secondary N) is 1. The molecule has 0 aliphatic rings. The lowest BCUT2D eigenvalue weighted by Gasteiger charge is -2.11. The molecular weight excluding hydrogens is 426 g/mol. The molecule has 2 aromatic carbocycles. The van der Waals surface area contributed by atoms with Crippen molar-refractivity contribution in [3.8, 4) is 11.8 Å². The van der Waals surface area contributed by atoms with Gasteiger partial charge in [0.2, 0.25) is 0 Å². The minimum atomic E-state index is -1.10. The zero-order valence-electron chi connectivity index (χ0n) is 17.9. The summed E-state index contributed by atoms with van der Waals surface area (Å²) >= 11 is 6.13. The Kier molecular flexibility index (Phi) is 6.82. The van der Waals surface area contributed by atoms with Crippen molar-refractivity contribution in [2.75, 3.05) is 5.32 Å². The highest BCUT2D eigenvalue weighted by Crippen LogP contribution is 2.27. The molecule has 0 bridgehead atoms. The maximum atomic E-state index is 12.8. The molecule has 0 spiro atoms. The van der Waals surface area contributed by atoms with Crippen molar-refractivity contribution >= 4 is 35.2 Å². The zero-order valence-corrected chi connectivity index (χ0v) is 18.7. The van der Waals surface area contributed by atoms with Crippen molar-refractivity contribution in [3.05, 3.63) is 87.2 Å².